The van der Waals surface area contributed by atoms with Gasteiger partial charge in [0.25, 0.3) is 5.91 Å². The van der Waals surface area contributed by atoms with E-state index in [1.165, 1.54) is 25.8 Å². The van der Waals surface area contributed by atoms with E-state index in [4.69, 9.17) is 4.74 Å². The van der Waals surface area contributed by atoms with Crippen LogP contribution in [-0.4, -0.2) is 43.1 Å². The highest BCUT2D eigenvalue weighted by atomic mass is 16.5. The van der Waals surface area contributed by atoms with E-state index >= 15 is 0 Å². The van der Waals surface area contributed by atoms with Crippen LogP contribution in [0.5, 0.6) is 5.75 Å². The molecule has 116 valence electrons. The Hall–Kier alpha value is -1.55. The second-order valence-corrected chi connectivity index (χ2v) is 5.69. The van der Waals surface area contributed by atoms with Crippen molar-refractivity contribution in [2.45, 2.75) is 38.6 Å². The van der Waals surface area contributed by atoms with E-state index in [0.29, 0.717) is 6.04 Å². The normalized spacial score (nSPS) is 19.2. The highest BCUT2D eigenvalue weighted by Gasteiger charge is 2.17. The summed E-state index contributed by atoms with van der Waals surface area (Å²) in [6.45, 7) is 5.38. The number of piperidine rings is 1. The minimum absolute atomic E-state index is 0.0504. The maximum Gasteiger partial charge on any atom is 0.257 e. The Morgan fingerprint density at radius 1 is 1.33 bits per heavy atom. The third-order valence-electron chi connectivity index (χ3n) is 4.00. The number of para-hydroxylation sites is 1. The first-order valence-electron chi connectivity index (χ1n) is 7.94. The molecule has 0 bridgehead atoms. The first-order chi connectivity index (χ1) is 10.3. The minimum atomic E-state index is -0.0504. The number of hydrogen-bond acceptors (Lipinski definition) is 3. The molecule has 0 radical (unpaired) electrons. The summed E-state index contributed by atoms with van der Waals surface area (Å²) in [5.74, 6) is 0.681. The fourth-order valence-electron chi connectivity index (χ4n) is 2.72. The average molecular weight is 290 g/mol. The summed E-state index contributed by atoms with van der Waals surface area (Å²) in [7, 11) is 0. The molecule has 1 N–H and O–H groups in total. The molecule has 0 saturated carbocycles. The first kappa shape index (κ1) is 15.8. The fourth-order valence-corrected chi connectivity index (χ4v) is 2.72. The Morgan fingerprint density at radius 2 is 2.14 bits per heavy atom. The predicted octanol–water partition coefficient (Wildman–Crippen LogP) is 2.45. The van der Waals surface area contributed by atoms with Gasteiger partial charge in [-0.25, -0.2) is 0 Å². The zero-order valence-corrected chi connectivity index (χ0v) is 12.9. The number of amides is 1. The smallest absolute Gasteiger partial charge is 0.257 e. The monoisotopic (exact) mass is 290 g/mol. The molecule has 1 aliphatic heterocycles. The molecule has 21 heavy (non-hydrogen) atoms. The summed E-state index contributed by atoms with van der Waals surface area (Å²) in [4.78, 5) is 14.2. The highest BCUT2D eigenvalue weighted by Crippen LogP contribution is 2.16. The van der Waals surface area contributed by atoms with Gasteiger partial charge in [-0.15, -0.1) is 0 Å². The summed E-state index contributed by atoms with van der Waals surface area (Å²) in [5, 5.41) is 2.92. The van der Waals surface area contributed by atoms with Crippen LogP contribution in [0.4, 0.5) is 0 Å². The number of likely N-dealkylation sites (tertiary alicyclic amines) is 1. The largest absolute Gasteiger partial charge is 0.484 e. The lowest BCUT2D eigenvalue weighted by molar-refractivity contribution is -0.123. The number of rotatable bonds is 7. The first-order valence-corrected chi connectivity index (χ1v) is 7.94. The molecule has 1 unspecified atom stereocenters. The number of benzene rings is 1. The van der Waals surface area contributed by atoms with Crippen molar-refractivity contribution < 1.29 is 9.53 Å². The Morgan fingerprint density at radius 3 is 2.90 bits per heavy atom. The molecular formula is C17H26N2O2. The lowest BCUT2D eigenvalue weighted by Gasteiger charge is -2.33. The zero-order chi connectivity index (χ0) is 14.9. The molecule has 2 rings (SSSR count). The lowest BCUT2D eigenvalue weighted by atomic mass is 10.0. The molecule has 0 spiro atoms. The Balaban J connectivity index is 1.55. The van der Waals surface area contributed by atoms with Crippen molar-refractivity contribution >= 4 is 5.91 Å². The number of nitrogens with zero attached hydrogens (tertiary/aromatic N) is 1. The molecule has 0 aliphatic carbocycles. The van der Waals surface area contributed by atoms with Crippen LogP contribution in [-0.2, 0) is 4.79 Å². The number of ether oxygens (including phenoxy) is 1. The Kier molecular flexibility index (Phi) is 6.54. The minimum Gasteiger partial charge on any atom is -0.484 e. The van der Waals surface area contributed by atoms with E-state index in [1.807, 2.05) is 30.3 Å². The van der Waals surface area contributed by atoms with Gasteiger partial charge < -0.3 is 15.0 Å². The fraction of sp³-hybridized carbons (Fsp3) is 0.588. The quantitative estimate of drug-likeness (QED) is 0.784. The van der Waals surface area contributed by atoms with Crippen molar-refractivity contribution in [2.24, 2.45) is 0 Å². The van der Waals surface area contributed by atoms with Crippen molar-refractivity contribution in [3.8, 4) is 5.75 Å². The van der Waals surface area contributed by atoms with Gasteiger partial charge in [0.05, 0.1) is 0 Å². The SMILES string of the molecule is CC1CCCCN1CCCNC(=O)COc1ccccc1. The topological polar surface area (TPSA) is 41.6 Å². The molecule has 1 amide bonds. The van der Waals surface area contributed by atoms with E-state index in [-0.39, 0.29) is 12.5 Å². The Labute approximate surface area is 127 Å². The van der Waals surface area contributed by atoms with E-state index in [1.54, 1.807) is 0 Å². The molecule has 1 fully saturated rings. The molecule has 4 heteroatoms. The van der Waals surface area contributed by atoms with Gasteiger partial charge in [-0.05, 0) is 44.9 Å². The summed E-state index contributed by atoms with van der Waals surface area (Å²) in [6.07, 6.45) is 4.96. The van der Waals surface area contributed by atoms with Gasteiger partial charge in [0.15, 0.2) is 6.61 Å². The molecule has 1 saturated heterocycles. The third-order valence-corrected chi connectivity index (χ3v) is 4.00. The van der Waals surface area contributed by atoms with E-state index in [9.17, 15) is 4.79 Å². The van der Waals surface area contributed by atoms with Crippen molar-refractivity contribution in [3.63, 3.8) is 0 Å². The van der Waals surface area contributed by atoms with E-state index < -0.39 is 0 Å². The van der Waals surface area contributed by atoms with Crippen molar-refractivity contribution in [1.29, 1.82) is 0 Å². The summed E-state index contributed by atoms with van der Waals surface area (Å²) in [6, 6.07) is 10.1. The summed E-state index contributed by atoms with van der Waals surface area (Å²) >= 11 is 0. The van der Waals surface area contributed by atoms with Crippen LogP contribution in [0, 0.1) is 0 Å². The van der Waals surface area contributed by atoms with Crippen LogP contribution in [0.3, 0.4) is 0 Å². The van der Waals surface area contributed by atoms with Crippen LogP contribution in [0.25, 0.3) is 0 Å². The van der Waals surface area contributed by atoms with Crippen LogP contribution in [0.15, 0.2) is 30.3 Å². The molecule has 1 aliphatic rings. The molecule has 1 aromatic rings. The maximum atomic E-state index is 11.7. The summed E-state index contributed by atoms with van der Waals surface area (Å²) < 4.78 is 5.41. The molecule has 1 atom stereocenters. The van der Waals surface area contributed by atoms with E-state index in [2.05, 4.69) is 17.1 Å². The second-order valence-electron chi connectivity index (χ2n) is 5.69. The van der Waals surface area contributed by atoms with Gasteiger partial charge in [-0.3, -0.25) is 4.79 Å². The Bertz CT molecular complexity index is 422. The molecular weight excluding hydrogens is 264 g/mol. The molecule has 1 heterocycles. The molecule has 0 aromatic heterocycles. The van der Waals surface area contributed by atoms with Gasteiger partial charge >= 0.3 is 0 Å². The van der Waals surface area contributed by atoms with Gasteiger partial charge in [-0.1, -0.05) is 24.6 Å². The van der Waals surface area contributed by atoms with Gasteiger partial charge in [0.1, 0.15) is 5.75 Å². The van der Waals surface area contributed by atoms with Crippen molar-refractivity contribution in [2.75, 3.05) is 26.2 Å². The lowest BCUT2D eigenvalue weighted by Crippen LogP contribution is -2.39. The van der Waals surface area contributed by atoms with Gasteiger partial charge in [-0.2, -0.15) is 0 Å². The summed E-state index contributed by atoms with van der Waals surface area (Å²) in [5.41, 5.74) is 0. The van der Waals surface area contributed by atoms with E-state index in [0.717, 1.165) is 25.3 Å². The maximum absolute atomic E-state index is 11.7. The number of hydrogen-bond donors (Lipinski definition) is 1. The highest BCUT2D eigenvalue weighted by molar-refractivity contribution is 5.77. The van der Waals surface area contributed by atoms with Crippen molar-refractivity contribution in [3.05, 3.63) is 30.3 Å². The number of nitrogens with one attached hydrogen (secondary N) is 1. The predicted molar refractivity (Wildman–Crippen MR) is 84.4 cm³/mol. The van der Waals surface area contributed by atoms with Crippen LogP contribution in [0.1, 0.15) is 32.6 Å². The van der Waals surface area contributed by atoms with Gasteiger partial charge in [0, 0.05) is 19.1 Å². The zero-order valence-electron chi connectivity index (χ0n) is 12.9. The number of carbonyl (C=O) groups is 1. The van der Waals surface area contributed by atoms with Crippen LogP contribution in [0.2, 0.25) is 0 Å². The standard InChI is InChI=1S/C17H26N2O2/c1-15-8-5-6-12-19(15)13-7-11-18-17(20)14-21-16-9-3-2-4-10-16/h2-4,9-10,15H,5-8,11-14H2,1H3,(H,18,20). The van der Waals surface area contributed by atoms with Gasteiger partial charge in [0.2, 0.25) is 0 Å². The van der Waals surface area contributed by atoms with Crippen molar-refractivity contribution in [1.82, 2.24) is 10.2 Å². The average Bonchev–Trinajstić information content (AvgIpc) is 2.52. The van der Waals surface area contributed by atoms with Crippen LogP contribution < -0.4 is 10.1 Å². The molecule has 4 nitrogen and oxygen atoms in total. The second kappa shape index (κ2) is 8.67. The third kappa shape index (κ3) is 5.76. The van der Waals surface area contributed by atoms with Crippen LogP contribution >= 0.6 is 0 Å². The molecule has 1 aromatic carbocycles. The number of carbonyl (C=O) groups excluding carboxylic acids is 1.